The number of aliphatic hydroxyl groups excluding tert-OH is 8. The van der Waals surface area contributed by atoms with Gasteiger partial charge in [0.1, 0.15) is 73.2 Å². The van der Waals surface area contributed by atoms with Crippen molar-refractivity contribution < 1.29 is 137 Å². The normalized spacial score (nSPS) is 34.1. The van der Waals surface area contributed by atoms with Gasteiger partial charge in [0, 0.05) is 0 Å². The molecular formula is C52H92O28. The van der Waals surface area contributed by atoms with E-state index in [9.17, 15) is 60.0 Å². The van der Waals surface area contributed by atoms with E-state index in [1.54, 1.807) is 111 Å². The predicted molar refractivity (Wildman–Crippen MR) is 278 cm³/mol. The third-order valence-electron chi connectivity index (χ3n) is 10.5. The Hall–Kier alpha value is -3.80. The minimum absolute atomic E-state index is 0.274. The van der Waals surface area contributed by atoms with Crippen LogP contribution >= 0.6 is 0 Å². The topological polar surface area (TPSA) is 422 Å². The number of ether oxygens (including phenoxy) is 12. The van der Waals surface area contributed by atoms with E-state index >= 15 is 0 Å². The van der Waals surface area contributed by atoms with Gasteiger partial charge in [-0.15, -0.1) is 25.7 Å². The third kappa shape index (κ3) is 25.8. The Morgan fingerprint density at radius 3 is 0.500 bits per heavy atom. The van der Waals surface area contributed by atoms with E-state index in [2.05, 4.69) is 25.7 Å². The zero-order valence-electron chi connectivity index (χ0n) is 48.4. The summed E-state index contributed by atoms with van der Waals surface area (Å²) in [4.78, 5) is 44.7. The van der Waals surface area contributed by atoms with Crippen LogP contribution in [0.25, 0.3) is 0 Å². The molecule has 0 saturated carbocycles. The van der Waals surface area contributed by atoms with Crippen molar-refractivity contribution in [1.29, 1.82) is 0 Å². The molecule has 4 heterocycles. The average molecular weight is 1170 g/mol. The Bertz CT molecular complexity index is 1550. The first-order chi connectivity index (χ1) is 36.9. The molecule has 4 rings (SSSR count). The van der Waals surface area contributed by atoms with Crippen molar-refractivity contribution in [2.24, 2.45) is 0 Å². The Labute approximate surface area is 468 Å². The van der Waals surface area contributed by atoms with Gasteiger partial charge < -0.3 is 118 Å². The summed E-state index contributed by atoms with van der Waals surface area (Å²) in [5, 5.41) is 116. The molecule has 0 aliphatic carbocycles. The summed E-state index contributed by atoms with van der Waals surface area (Å²) in [6, 6.07) is 0. The van der Waals surface area contributed by atoms with E-state index in [4.69, 9.17) is 77.3 Å². The van der Waals surface area contributed by atoms with Crippen molar-refractivity contribution in [3.8, 4) is 25.7 Å². The standard InChI is InChI=1S/4C12H22O7.2C2H2/c4*1-5(2)17-9-7(13)8(14)12(18-6(3)4)19-10(9)11(15)16;2*1-2/h4*5-10,12-14H,1-4H3,(H,15,16);2*1-2H/t7-,8+,9+,10+,12?;7-,8+,9+,10-,12?;;;;/m11..../s1. The van der Waals surface area contributed by atoms with Crippen molar-refractivity contribution in [1.82, 2.24) is 0 Å². The fourth-order valence-electron chi connectivity index (χ4n) is 7.53. The Morgan fingerprint density at radius 2 is 0.400 bits per heavy atom. The van der Waals surface area contributed by atoms with Crippen LogP contribution in [-0.2, 0) is 76.0 Å². The maximum Gasteiger partial charge on any atom is 0.335 e. The van der Waals surface area contributed by atoms with Crippen molar-refractivity contribution >= 4 is 23.9 Å². The molecule has 12 unspecified atom stereocenters. The molecule has 20 atom stereocenters. The van der Waals surface area contributed by atoms with Gasteiger partial charge >= 0.3 is 23.9 Å². The highest BCUT2D eigenvalue weighted by Gasteiger charge is 2.53. The Kier molecular flexibility index (Phi) is 37.3. The molecule has 4 saturated heterocycles. The minimum Gasteiger partial charge on any atom is -0.479 e. The second-order valence-corrected chi connectivity index (χ2v) is 20.3. The van der Waals surface area contributed by atoms with Gasteiger partial charge in [0.25, 0.3) is 0 Å². The van der Waals surface area contributed by atoms with Gasteiger partial charge in [-0.3, -0.25) is 0 Å². The SMILES string of the molecule is C#C.C#C.CC(C)OC1OC(C(=O)O)C(OC(C)C)C(O)C1O.CC(C)OC1OC(C(=O)O)C(OC(C)C)C(O)C1O.CC(C)OC1O[C@@H](C(=O)O)[C@@H](OC(C)C)[C@H](O)[C@@H]1O.CC(C)OC1O[C@H](C(=O)O)[C@@H](OC(C)C)[C@H](O)[C@@H]1O. The maximum absolute atomic E-state index is 11.2. The number of carbonyl (C=O) groups is 4. The largest absolute Gasteiger partial charge is 0.479 e. The fraction of sp³-hybridized carbons (Fsp3) is 0.846. The van der Waals surface area contributed by atoms with Crippen LogP contribution in [0, 0.1) is 25.7 Å². The highest BCUT2D eigenvalue weighted by molar-refractivity contribution is 5.74. The van der Waals surface area contributed by atoms with Crippen LogP contribution in [0.5, 0.6) is 0 Å². The van der Waals surface area contributed by atoms with Crippen molar-refractivity contribution in [2.75, 3.05) is 0 Å². The molecular weight excluding hydrogens is 1070 g/mol. The Balaban J connectivity index is 0. The molecule has 0 aromatic heterocycles. The van der Waals surface area contributed by atoms with E-state index in [1.165, 1.54) is 0 Å². The van der Waals surface area contributed by atoms with Crippen molar-refractivity contribution in [3.05, 3.63) is 0 Å². The second-order valence-electron chi connectivity index (χ2n) is 20.3. The lowest BCUT2D eigenvalue weighted by Crippen LogP contribution is -2.61. The summed E-state index contributed by atoms with van der Waals surface area (Å²) in [7, 11) is 0. The third-order valence-corrected chi connectivity index (χ3v) is 10.5. The molecule has 12 N–H and O–H groups in total. The molecule has 0 spiro atoms. The van der Waals surface area contributed by atoms with E-state index in [0.717, 1.165) is 0 Å². The molecule has 0 bridgehead atoms. The van der Waals surface area contributed by atoms with Crippen LogP contribution in [0.1, 0.15) is 111 Å². The molecule has 0 aromatic rings. The Morgan fingerprint density at radius 1 is 0.275 bits per heavy atom. The van der Waals surface area contributed by atoms with E-state index in [0.29, 0.717) is 0 Å². The average Bonchev–Trinajstić information content (AvgIpc) is 3.34. The number of carboxylic acids is 4. The van der Waals surface area contributed by atoms with Crippen LogP contribution in [0.3, 0.4) is 0 Å². The summed E-state index contributed by atoms with van der Waals surface area (Å²) in [6.45, 7) is 27.4. The molecule has 4 aliphatic heterocycles. The number of terminal acetylenes is 2. The quantitative estimate of drug-likeness (QED) is 0.0680. The molecule has 0 radical (unpaired) electrons. The number of aliphatic carboxylic acids is 4. The summed E-state index contributed by atoms with van der Waals surface area (Å²) in [5.74, 6) is -5.08. The maximum atomic E-state index is 11.2. The van der Waals surface area contributed by atoms with E-state index < -0.39 is 147 Å². The lowest BCUT2D eigenvalue weighted by Gasteiger charge is -2.41. The smallest absolute Gasteiger partial charge is 0.335 e. The fourth-order valence-corrected chi connectivity index (χ4v) is 7.53. The zero-order chi connectivity index (χ0) is 63.0. The first-order valence-electron chi connectivity index (χ1n) is 25.8. The molecule has 468 valence electrons. The lowest BCUT2D eigenvalue weighted by molar-refractivity contribution is -0.310. The second kappa shape index (κ2) is 38.1. The number of rotatable bonds is 20. The first kappa shape index (κ1) is 78.3. The predicted octanol–water partition coefficient (Wildman–Crippen LogP) is -0.556. The minimum atomic E-state index is -1.39. The highest BCUT2D eigenvalue weighted by atomic mass is 16.7. The first-order valence-corrected chi connectivity index (χ1v) is 25.8. The van der Waals surface area contributed by atoms with Gasteiger partial charge in [-0.25, -0.2) is 19.2 Å². The summed E-state index contributed by atoms with van der Waals surface area (Å²) in [5.41, 5.74) is 0. The molecule has 0 aromatic carbocycles. The van der Waals surface area contributed by atoms with E-state index in [1.807, 2.05) is 0 Å². The lowest BCUT2D eigenvalue weighted by atomic mass is 9.98. The van der Waals surface area contributed by atoms with Gasteiger partial charge in [0.2, 0.25) is 0 Å². The van der Waals surface area contributed by atoms with Crippen LogP contribution in [-0.4, -0.2) is 257 Å². The van der Waals surface area contributed by atoms with Gasteiger partial charge in [0.05, 0.1) is 48.8 Å². The number of aliphatic hydroxyl groups is 8. The summed E-state index contributed by atoms with van der Waals surface area (Å²) < 4.78 is 63.1. The van der Waals surface area contributed by atoms with Crippen molar-refractivity contribution in [3.63, 3.8) is 0 Å². The number of hydrogen-bond acceptors (Lipinski definition) is 24. The zero-order valence-corrected chi connectivity index (χ0v) is 48.4. The van der Waals surface area contributed by atoms with Gasteiger partial charge in [-0.2, -0.15) is 0 Å². The van der Waals surface area contributed by atoms with Gasteiger partial charge in [-0.1, -0.05) is 0 Å². The molecule has 80 heavy (non-hydrogen) atoms. The molecule has 0 amide bonds. The van der Waals surface area contributed by atoms with Crippen LogP contribution < -0.4 is 0 Å². The molecule has 4 aliphatic rings. The highest BCUT2D eigenvalue weighted by Crippen LogP contribution is 2.30. The van der Waals surface area contributed by atoms with E-state index in [-0.39, 0.29) is 48.8 Å². The summed E-state index contributed by atoms with van der Waals surface area (Å²) in [6.07, 6.45) is -12.2. The molecule has 28 nitrogen and oxygen atoms in total. The van der Waals surface area contributed by atoms with Gasteiger partial charge in [-0.05, 0) is 111 Å². The van der Waals surface area contributed by atoms with Crippen LogP contribution in [0.4, 0.5) is 0 Å². The number of hydrogen-bond donors (Lipinski definition) is 12. The molecule has 28 heteroatoms. The molecule has 4 fully saturated rings. The van der Waals surface area contributed by atoms with Crippen LogP contribution in [0.2, 0.25) is 0 Å². The monoisotopic (exact) mass is 1160 g/mol. The number of carboxylic acid groups (broad SMARTS) is 4. The van der Waals surface area contributed by atoms with Crippen molar-refractivity contribution in [2.45, 2.75) is 282 Å². The van der Waals surface area contributed by atoms with Crippen LogP contribution in [0.15, 0.2) is 0 Å². The van der Waals surface area contributed by atoms with Gasteiger partial charge in [0.15, 0.2) is 49.6 Å². The summed E-state index contributed by atoms with van der Waals surface area (Å²) >= 11 is 0.